The molecule has 0 saturated carbocycles. The van der Waals surface area contributed by atoms with Gasteiger partial charge in [-0.05, 0) is 6.42 Å². The van der Waals surface area contributed by atoms with Gasteiger partial charge in [-0.25, -0.2) is 4.98 Å². The summed E-state index contributed by atoms with van der Waals surface area (Å²) in [6.07, 6.45) is 5.19. The van der Waals surface area contributed by atoms with Gasteiger partial charge in [-0.3, -0.25) is 4.79 Å². The van der Waals surface area contributed by atoms with Gasteiger partial charge in [0.05, 0.1) is 6.33 Å². The Morgan fingerprint density at radius 3 is 3.33 bits per heavy atom. The van der Waals surface area contributed by atoms with Crippen LogP contribution in [0.1, 0.15) is 12.1 Å². The Kier molecular flexibility index (Phi) is 1.60. The maximum atomic E-state index is 10.9. The minimum absolute atomic E-state index is 0.00852. The van der Waals surface area contributed by atoms with E-state index in [1.165, 1.54) is 0 Å². The van der Waals surface area contributed by atoms with Crippen molar-refractivity contribution in [1.29, 1.82) is 0 Å². The van der Waals surface area contributed by atoms with Gasteiger partial charge < -0.3 is 10.3 Å². The second-order valence-electron chi connectivity index (χ2n) is 3.17. The van der Waals surface area contributed by atoms with Gasteiger partial charge in [0.15, 0.2) is 0 Å². The molecule has 0 saturated heterocycles. The molecule has 1 amide bonds. The number of nitrogens with zero attached hydrogens (tertiary/aromatic N) is 2. The van der Waals surface area contributed by atoms with E-state index >= 15 is 0 Å². The molecule has 1 aliphatic rings. The number of hydrogen-bond donors (Lipinski definition) is 1. The van der Waals surface area contributed by atoms with Crippen LogP contribution in [0.3, 0.4) is 0 Å². The number of fused-ring (bicyclic) bond motifs is 1. The third-order valence-corrected chi connectivity index (χ3v) is 2.37. The Hall–Kier alpha value is -1.32. The molecule has 1 aromatic rings. The lowest BCUT2D eigenvalue weighted by Gasteiger charge is -2.20. The maximum absolute atomic E-state index is 10.9. The van der Waals surface area contributed by atoms with Crippen LogP contribution in [0.4, 0.5) is 0 Å². The van der Waals surface area contributed by atoms with Gasteiger partial charge >= 0.3 is 0 Å². The van der Waals surface area contributed by atoms with Crippen LogP contribution >= 0.6 is 0 Å². The standard InChI is InChI=1S/C8H11N3O/c9-8(12)6-1-2-11-5-10-4-7(11)3-6/h4-6H,1-3H2,(H2,9,12). The molecule has 0 bridgehead atoms. The van der Waals surface area contributed by atoms with Gasteiger partial charge in [-0.1, -0.05) is 0 Å². The summed E-state index contributed by atoms with van der Waals surface area (Å²) < 4.78 is 2.07. The third kappa shape index (κ3) is 1.09. The van der Waals surface area contributed by atoms with Crippen LogP contribution in [0.5, 0.6) is 0 Å². The van der Waals surface area contributed by atoms with Crippen LogP contribution < -0.4 is 5.73 Å². The Balaban J connectivity index is 2.20. The van der Waals surface area contributed by atoms with Gasteiger partial charge in [0.1, 0.15) is 0 Å². The summed E-state index contributed by atoms with van der Waals surface area (Å²) in [6.45, 7) is 0.864. The summed E-state index contributed by atoms with van der Waals surface area (Å²) in [5, 5.41) is 0. The molecule has 0 aromatic carbocycles. The summed E-state index contributed by atoms with van der Waals surface area (Å²) >= 11 is 0. The molecule has 0 radical (unpaired) electrons. The van der Waals surface area contributed by atoms with Gasteiger partial charge in [0, 0.05) is 30.8 Å². The minimum atomic E-state index is -0.192. The molecule has 12 heavy (non-hydrogen) atoms. The molecule has 2 N–H and O–H groups in total. The fourth-order valence-corrected chi connectivity index (χ4v) is 1.61. The molecule has 4 heteroatoms. The Bertz CT molecular complexity index is 305. The van der Waals surface area contributed by atoms with Crippen LogP contribution in [-0.2, 0) is 17.8 Å². The first-order valence-electron chi connectivity index (χ1n) is 4.05. The number of carbonyl (C=O) groups is 1. The van der Waals surface area contributed by atoms with Crippen LogP contribution in [0.15, 0.2) is 12.5 Å². The average Bonchev–Trinajstić information content (AvgIpc) is 2.49. The lowest BCUT2D eigenvalue weighted by atomic mass is 9.96. The highest BCUT2D eigenvalue weighted by atomic mass is 16.1. The molecular formula is C8H11N3O. The molecule has 4 nitrogen and oxygen atoms in total. The Labute approximate surface area is 70.4 Å². The fraction of sp³-hybridized carbons (Fsp3) is 0.500. The number of amides is 1. The second-order valence-corrected chi connectivity index (χ2v) is 3.17. The van der Waals surface area contributed by atoms with Crippen LogP contribution in [0.25, 0.3) is 0 Å². The number of nitrogens with two attached hydrogens (primary N) is 1. The summed E-state index contributed by atoms with van der Waals surface area (Å²) in [5.74, 6) is -0.184. The van der Waals surface area contributed by atoms with Crippen molar-refractivity contribution < 1.29 is 4.79 Å². The van der Waals surface area contributed by atoms with Crippen molar-refractivity contribution in [3.63, 3.8) is 0 Å². The Morgan fingerprint density at radius 2 is 2.58 bits per heavy atom. The number of primary amides is 1. The predicted molar refractivity (Wildman–Crippen MR) is 43.2 cm³/mol. The first kappa shape index (κ1) is 7.34. The third-order valence-electron chi connectivity index (χ3n) is 2.37. The molecule has 1 atom stereocenters. The van der Waals surface area contributed by atoms with E-state index < -0.39 is 0 Å². The summed E-state index contributed by atoms with van der Waals surface area (Å²) in [5.41, 5.74) is 6.34. The fourth-order valence-electron chi connectivity index (χ4n) is 1.61. The van der Waals surface area contributed by atoms with E-state index in [-0.39, 0.29) is 11.8 Å². The number of rotatable bonds is 1. The zero-order chi connectivity index (χ0) is 8.55. The van der Waals surface area contributed by atoms with Crippen molar-refractivity contribution in [3.05, 3.63) is 18.2 Å². The van der Waals surface area contributed by atoms with Crippen molar-refractivity contribution in [2.45, 2.75) is 19.4 Å². The zero-order valence-electron chi connectivity index (χ0n) is 6.73. The predicted octanol–water partition coefficient (Wildman–Crippen LogP) is -0.0692. The second kappa shape index (κ2) is 2.62. The monoisotopic (exact) mass is 165 g/mol. The number of carbonyl (C=O) groups excluding carboxylic acids is 1. The summed E-state index contributed by atoms with van der Waals surface area (Å²) in [7, 11) is 0. The highest BCUT2D eigenvalue weighted by Crippen LogP contribution is 2.18. The molecule has 0 spiro atoms. The first-order chi connectivity index (χ1) is 5.77. The van der Waals surface area contributed by atoms with E-state index in [9.17, 15) is 4.79 Å². The van der Waals surface area contributed by atoms with Crippen LogP contribution in [-0.4, -0.2) is 15.5 Å². The Morgan fingerprint density at radius 1 is 1.75 bits per heavy atom. The maximum Gasteiger partial charge on any atom is 0.220 e. The summed E-state index contributed by atoms with van der Waals surface area (Å²) in [4.78, 5) is 14.9. The number of hydrogen-bond acceptors (Lipinski definition) is 2. The van der Waals surface area contributed by atoms with E-state index in [0.717, 1.165) is 25.1 Å². The van der Waals surface area contributed by atoms with Crippen molar-refractivity contribution in [3.8, 4) is 0 Å². The first-order valence-corrected chi connectivity index (χ1v) is 4.05. The molecular weight excluding hydrogens is 154 g/mol. The average molecular weight is 165 g/mol. The van der Waals surface area contributed by atoms with E-state index in [0.29, 0.717) is 0 Å². The zero-order valence-corrected chi connectivity index (χ0v) is 6.73. The smallest absolute Gasteiger partial charge is 0.220 e. The van der Waals surface area contributed by atoms with E-state index in [1.54, 1.807) is 12.5 Å². The van der Waals surface area contributed by atoms with Gasteiger partial charge in [0.2, 0.25) is 5.91 Å². The summed E-state index contributed by atoms with van der Waals surface area (Å²) in [6, 6.07) is 0. The van der Waals surface area contributed by atoms with Crippen LogP contribution in [0.2, 0.25) is 0 Å². The highest BCUT2D eigenvalue weighted by molar-refractivity contribution is 5.77. The SMILES string of the molecule is NC(=O)C1CCn2cncc2C1. The molecule has 2 heterocycles. The molecule has 1 aliphatic heterocycles. The largest absolute Gasteiger partial charge is 0.369 e. The molecule has 0 fully saturated rings. The quantitative estimate of drug-likeness (QED) is 0.633. The number of imidazole rings is 1. The molecule has 1 unspecified atom stereocenters. The lowest BCUT2D eigenvalue weighted by Crippen LogP contribution is -2.30. The highest BCUT2D eigenvalue weighted by Gasteiger charge is 2.22. The van der Waals surface area contributed by atoms with Crippen molar-refractivity contribution >= 4 is 5.91 Å². The van der Waals surface area contributed by atoms with Crippen molar-refractivity contribution in [2.75, 3.05) is 0 Å². The number of aryl methyl sites for hydroxylation is 1. The van der Waals surface area contributed by atoms with Crippen molar-refractivity contribution in [2.24, 2.45) is 11.7 Å². The van der Waals surface area contributed by atoms with E-state index in [2.05, 4.69) is 9.55 Å². The lowest BCUT2D eigenvalue weighted by molar-refractivity contribution is -0.122. The van der Waals surface area contributed by atoms with Gasteiger partial charge in [0.25, 0.3) is 0 Å². The number of aromatic nitrogens is 2. The molecule has 64 valence electrons. The van der Waals surface area contributed by atoms with Gasteiger partial charge in [-0.2, -0.15) is 0 Å². The van der Waals surface area contributed by atoms with Crippen LogP contribution in [0, 0.1) is 5.92 Å². The van der Waals surface area contributed by atoms with E-state index in [4.69, 9.17) is 5.73 Å². The molecule has 0 aliphatic carbocycles. The molecule has 1 aromatic heterocycles. The minimum Gasteiger partial charge on any atom is -0.369 e. The normalized spacial score (nSPS) is 21.8. The molecule has 2 rings (SSSR count). The van der Waals surface area contributed by atoms with Crippen molar-refractivity contribution in [1.82, 2.24) is 9.55 Å². The van der Waals surface area contributed by atoms with Gasteiger partial charge in [-0.15, -0.1) is 0 Å². The topological polar surface area (TPSA) is 60.9 Å². The van der Waals surface area contributed by atoms with E-state index in [1.807, 2.05) is 0 Å².